The first-order valence-electron chi connectivity index (χ1n) is 7.63. The summed E-state index contributed by atoms with van der Waals surface area (Å²) in [6, 6.07) is 7.50. The van der Waals surface area contributed by atoms with Crippen LogP contribution in [0.5, 0.6) is 0 Å². The van der Waals surface area contributed by atoms with Crippen molar-refractivity contribution in [1.29, 1.82) is 0 Å². The van der Waals surface area contributed by atoms with E-state index in [0.29, 0.717) is 17.1 Å². The van der Waals surface area contributed by atoms with Crippen molar-refractivity contribution in [3.63, 3.8) is 0 Å². The number of aryl methyl sites for hydroxylation is 1. The molecule has 0 saturated heterocycles. The number of halogens is 1. The van der Waals surface area contributed by atoms with Crippen LogP contribution < -0.4 is 5.32 Å². The first-order valence-corrected chi connectivity index (χ1v) is 8.83. The third-order valence-electron chi connectivity index (χ3n) is 4.08. The third kappa shape index (κ3) is 2.70. The van der Waals surface area contributed by atoms with Gasteiger partial charge in [0.1, 0.15) is 11.3 Å². The zero-order chi connectivity index (χ0) is 16.5. The van der Waals surface area contributed by atoms with Crippen molar-refractivity contribution in [2.45, 2.75) is 25.8 Å². The van der Waals surface area contributed by atoms with Gasteiger partial charge >= 0.3 is 0 Å². The van der Waals surface area contributed by atoms with Crippen LogP contribution in [-0.4, -0.2) is 26.1 Å². The number of rotatable bonds is 4. The second-order valence-electron chi connectivity index (χ2n) is 5.57. The highest BCUT2D eigenvalue weighted by atomic mass is 35.5. The van der Waals surface area contributed by atoms with Crippen LogP contribution in [0.3, 0.4) is 0 Å². The van der Waals surface area contributed by atoms with Gasteiger partial charge in [0.2, 0.25) is 0 Å². The lowest BCUT2D eigenvalue weighted by Gasteiger charge is -2.09. The summed E-state index contributed by atoms with van der Waals surface area (Å²) in [5.74, 6) is -0.111. The monoisotopic (exact) mass is 359 g/mol. The third-order valence-corrected chi connectivity index (χ3v) is 5.73. The molecule has 1 aliphatic carbocycles. The molecule has 4 rings (SSSR count). The Labute approximate surface area is 147 Å². The molecule has 0 radical (unpaired) electrons. The first-order chi connectivity index (χ1) is 11.7. The van der Waals surface area contributed by atoms with E-state index in [1.807, 2.05) is 24.3 Å². The second kappa shape index (κ2) is 6.33. The number of carbonyl (C=O) groups excluding carboxylic acids is 1. The van der Waals surface area contributed by atoms with Crippen LogP contribution in [0.15, 0.2) is 30.6 Å². The van der Waals surface area contributed by atoms with Gasteiger partial charge < -0.3 is 5.32 Å². The maximum absolute atomic E-state index is 12.8. The summed E-state index contributed by atoms with van der Waals surface area (Å²) in [5, 5.41) is 15.7. The normalized spacial score (nSPS) is 13.0. The number of hydrogen-bond acceptors (Lipinski definition) is 5. The number of nitrogens with one attached hydrogen (secondary N) is 1. The maximum Gasteiger partial charge on any atom is 0.254 e. The molecule has 1 aromatic carbocycles. The fourth-order valence-electron chi connectivity index (χ4n) is 2.95. The fourth-order valence-corrected chi connectivity index (χ4v) is 4.45. The molecule has 1 N–H and O–H groups in total. The number of nitrogens with zero attached hydrogens (tertiary/aromatic N) is 4. The summed E-state index contributed by atoms with van der Waals surface area (Å²) < 4.78 is 1.56. The number of thiophene rings is 1. The molecule has 0 saturated carbocycles. The van der Waals surface area contributed by atoms with Crippen molar-refractivity contribution in [3.8, 4) is 5.00 Å². The minimum atomic E-state index is -0.111. The lowest BCUT2D eigenvalue weighted by atomic mass is 10.1. The van der Waals surface area contributed by atoms with E-state index in [-0.39, 0.29) is 5.91 Å². The lowest BCUT2D eigenvalue weighted by Crippen LogP contribution is -2.24. The summed E-state index contributed by atoms with van der Waals surface area (Å²) in [5.41, 5.74) is 2.71. The molecule has 6 nitrogen and oxygen atoms in total. The van der Waals surface area contributed by atoms with Crippen molar-refractivity contribution < 1.29 is 4.79 Å². The molecule has 2 heterocycles. The number of fused-ring (bicyclic) bond motifs is 1. The number of hydrogen-bond donors (Lipinski definition) is 1. The maximum atomic E-state index is 12.8. The van der Waals surface area contributed by atoms with Gasteiger partial charge in [-0.3, -0.25) is 4.79 Å². The van der Waals surface area contributed by atoms with Crippen LogP contribution in [0.1, 0.15) is 32.8 Å². The van der Waals surface area contributed by atoms with E-state index in [4.69, 9.17) is 11.6 Å². The number of aromatic nitrogens is 4. The van der Waals surface area contributed by atoms with Crippen molar-refractivity contribution in [1.82, 2.24) is 25.5 Å². The molecule has 0 fully saturated rings. The van der Waals surface area contributed by atoms with E-state index in [2.05, 4.69) is 20.8 Å². The average Bonchev–Trinajstić information content (AvgIpc) is 3.29. The van der Waals surface area contributed by atoms with Crippen LogP contribution in [0.4, 0.5) is 0 Å². The molecule has 8 heteroatoms. The van der Waals surface area contributed by atoms with E-state index in [9.17, 15) is 4.79 Å². The van der Waals surface area contributed by atoms with Crippen molar-refractivity contribution >= 4 is 28.8 Å². The van der Waals surface area contributed by atoms with E-state index >= 15 is 0 Å². The van der Waals surface area contributed by atoms with Crippen molar-refractivity contribution in [3.05, 3.63) is 57.2 Å². The molecule has 0 unspecified atom stereocenters. The standard InChI is InChI=1S/C16H14ClN5OS/c17-12-6-2-1-4-10(12)8-18-15(23)14-11-5-3-7-13(11)24-16(14)22-9-19-20-21-22/h1-2,4,6,9H,3,5,7-8H2,(H,18,23). The van der Waals surface area contributed by atoms with E-state index in [1.165, 1.54) is 11.2 Å². The Balaban J connectivity index is 1.63. The average molecular weight is 360 g/mol. The van der Waals surface area contributed by atoms with Gasteiger partial charge in [0.05, 0.1) is 5.56 Å². The number of carbonyl (C=O) groups is 1. The zero-order valence-corrected chi connectivity index (χ0v) is 14.3. The Morgan fingerprint density at radius 1 is 1.33 bits per heavy atom. The van der Waals surface area contributed by atoms with Crippen molar-refractivity contribution in [2.75, 3.05) is 0 Å². The molecule has 0 spiro atoms. The second-order valence-corrected chi connectivity index (χ2v) is 7.06. The molecule has 1 aliphatic rings. The van der Waals surface area contributed by atoms with Gasteiger partial charge in [0.15, 0.2) is 0 Å². The molecule has 3 aromatic rings. The van der Waals surface area contributed by atoms with Gasteiger partial charge in [-0.1, -0.05) is 29.8 Å². The summed E-state index contributed by atoms with van der Waals surface area (Å²) >= 11 is 7.75. The Morgan fingerprint density at radius 2 is 2.21 bits per heavy atom. The smallest absolute Gasteiger partial charge is 0.254 e. The molecule has 2 aromatic heterocycles. The lowest BCUT2D eigenvalue weighted by molar-refractivity contribution is 0.0950. The summed E-state index contributed by atoms with van der Waals surface area (Å²) in [6.45, 7) is 0.387. The Kier molecular flexibility index (Phi) is 4.03. The molecule has 0 bridgehead atoms. The first kappa shape index (κ1) is 15.3. The van der Waals surface area contributed by atoms with Crippen molar-refractivity contribution in [2.24, 2.45) is 0 Å². The summed E-state index contributed by atoms with van der Waals surface area (Å²) in [4.78, 5) is 14.1. The minimum absolute atomic E-state index is 0.111. The Morgan fingerprint density at radius 3 is 3.00 bits per heavy atom. The highest BCUT2D eigenvalue weighted by molar-refractivity contribution is 7.15. The molecule has 0 aliphatic heterocycles. The van der Waals surface area contributed by atoms with E-state index in [0.717, 1.165) is 35.4 Å². The molecule has 1 amide bonds. The van der Waals surface area contributed by atoms with Gasteiger partial charge in [0.25, 0.3) is 5.91 Å². The molecular formula is C16H14ClN5OS. The zero-order valence-electron chi connectivity index (χ0n) is 12.7. The fraction of sp³-hybridized carbons (Fsp3) is 0.250. The van der Waals surface area contributed by atoms with Crippen LogP contribution in [-0.2, 0) is 19.4 Å². The minimum Gasteiger partial charge on any atom is -0.348 e. The predicted molar refractivity (Wildman–Crippen MR) is 91.7 cm³/mol. The van der Waals surface area contributed by atoms with E-state index in [1.54, 1.807) is 16.0 Å². The predicted octanol–water partition coefficient (Wildman–Crippen LogP) is 2.80. The molecule has 122 valence electrons. The van der Waals surface area contributed by atoms with Gasteiger partial charge in [-0.2, -0.15) is 4.68 Å². The van der Waals surface area contributed by atoms with Crippen LogP contribution in [0, 0.1) is 0 Å². The van der Waals surface area contributed by atoms with Gasteiger partial charge in [-0.25, -0.2) is 0 Å². The molecule has 24 heavy (non-hydrogen) atoms. The van der Waals surface area contributed by atoms with Gasteiger partial charge in [0, 0.05) is 16.4 Å². The number of benzene rings is 1. The van der Waals surface area contributed by atoms with Crippen LogP contribution in [0.25, 0.3) is 5.00 Å². The highest BCUT2D eigenvalue weighted by Crippen LogP contribution is 2.37. The topological polar surface area (TPSA) is 72.7 Å². The van der Waals surface area contributed by atoms with Gasteiger partial charge in [-0.05, 0) is 46.9 Å². The Bertz CT molecular complexity index is 890. The quantitative estimate of drug-likeness (QED) is 0.777. The highest BCUT2D eigenvalue weighted by Gasteiger charge is 2.27. The van der Waals surface area contributed by atoms with E-state index < -0.39 is 0 Å². The summed E-state index contributed by atoms with van der Waals surface area (Å²) in [7, 11) is 0. The number of tetrazole rings is 1. The largest absolute Gasteiger partial charge is 0.348 e. The van der Waals surface area contributed by atoms with Crippen LogP contribution >= 0.6 is 22.9 Å². The molecular weight excluding hydrogens is 346 g/mol. The summed E-state index contributed by atoms with van der Waals surface area (Å²) in [6.07, 6.45) is 4.53. The SMILES string of the molecule is O=C(NCc1ccccc1Cl)c1c(-n2cnnn2)sc2c1CCC2. The van der Waals surface area contributed by atoms with Gasteiger partial charge in [-0.15, -0.1) is 16.4 Å². The molecule has 0 atom stereocenters. The Hall–Kier alpha value is -2.25. The number of amides is 1. The van der Waals surface area contributed by atoms with Crippen LogP contribution in [0.2, 0.25) is 5.02 Å².